The maximum Gasteiger partial charge on any atom is 0.255 e. The van der Waals surface area contributed by atoms with Crippen LogP contribution in [0.15, 0.2) is 71.7 Å². The third-order valence-electron chi connectivity index (χ3n) is 6.15. The normalized spacial score (nSPS) is 13.5. The maximum atomic E-state index is 13.3. The van der Waals surface area contributed by atoms with Crippen molar-refractivity contribution in [1.82, 2.24) is 9.47 Å². The highest BCUT2D eigenvalue weighted by Gasteiger charge is 2.25. The molecule has 33 heavy (non-hydrogen) atoms. The Labute approximate surface area is 191 Å². The van der Waals surface area contributed by atoms with E-state index in [1.165, 1.54) is 35.0 Å². The van der Waals surface area contributed by atoms with Crippen molar-refractivity contribution < 1.29 is 14.0 Å². The van der Waals surface area contributed by atoms with E-state index in [0.29, 0.717) is 18.5 Å². The Bertz CT molecular complexity index is 1240. The molecule has 1 unspecified atom stereocenters. The van der Waals surface area contributed by atoms with Gasteiger partial charge < -0.3 is 14.4 Å². The molecular formula is C26H26FN3O3. The van der Waals surface area contributed by atoms with Crippen LogP contribution in [0.25, 0.3) is 0 Å². The maximum absolute atomic E-state index is 13.3. The topological polar surface area (TPSA) is 62.6 Å². The summed E-state index contributed by atoms with van der Waals surface area (Å²) in [5.41, 5.74) is 2.77. The smallest absolute Gasteiger partial charge is 0.255 e. The molecule has 0 aliphatic carbocycles. The van der Waals surface area contributed by atoms with Gasteiger partial charge in [0.2, 0.25) is 5.91 Å². The van der Waals surface area contributed by atoms with Gasteiger partial charge in [-0.05, 0) is 48.2 Å². The lowest BCUT2D eigenvalue weighted by Gasteiger charge is -2.28. The zero-order chi connectivity index (χ0) is 23.5. The van der Waals surface area contributed by atoms with E-state index in [0.717, 1.165) is 23.2 Å². The first kappa shape index (κ1) is 22.5. The van der Waals surface area contributed by atoms with Crippen molar-refractivity contribution in [1.29, 1.82) is 0 Å². The number of carbonyl (C=O) groups is 2. The van der Waals surface area contributed by atoms with E-state index in [2.05, 4.69) is 0 Å². The van der Waals surface area contributed by atoms with Crippen LogP contribution in [0.4, 0.5) is 10.1 Å². The van der Waals surface area contributed by atoms with Crippen molar-refractivity contribution in [3.05, 3.63) is 99.7 Å². The Morgan fingerprint density at radius 3 is 2.52 bits per heavy atom. The number of halogens is 1. The van der Waals surface area contributed by atoms with E-state index in [4.69, 9.17) is 0 Å². The Hall–Kier alpha value is -3.74. The molecule has 3 aromatic rings. The Kier molecular flexibility index (Phi) is 6.40. The van der Waals surface area contributed by atoms with E-state index < -0.39 is 0 Å². The molecule has 1 aromatic heterocycles. The molecule has 0 N–H and O–H groups in total. The van der Waals surface area contributed by atoms with Gasteiger partial charge in [0.15, 0.2) is 0 Å². The van der Waals surface area contributed by atoms with Gasteiger partial charge in [0.05, 0.1) is 11.6 Å². The first-order valence-electron chi connectivity index (χ1n) is 11.0. The molecule has 0 spiro atoms. The van der Waals surface area contributed by atoms with Crippen LogP contribution in [-0.2, 0) is 17.8 Å². The number of benzene rings is 2. The van der Waals surface area contributed by atoms with Crippen LogP contribution < -0.4 is 10.5 Å². The predicted octanol–water partition coefficient (Wildman–Crippen LogP) is 3.80. The highest BCUT2D eigenvalue weighted by molar-refractivity contribution is 5.96. The predicted molar refractivity (Wildman–Crippen MR) is 125 cm³/mol. The number of fused-ring (bicyclic) bond motifs is 1. The number of aromatic nitrogens is 1. The molecule has 170 valence electrons. The fourth-order valence-electron chi connectivity index (χ4n) is 4.37. The second-order valence-corrected chi connectivity index (χ2v) is 8.20. The number of hydrogen-bond acceptors (Lipinski definition) is 3. The van der Waals surface area contributed by atoms with Gasteiger partial charge in [0.25, 0.3) is 11.5 Å². The minimum Gasteiger partial charge on any atom is -0.335 e. The molecule has 2 heterocycles. The van der Waals surface area contributed by atoms with E-state index in [-0.39, 0.29) is 35.8 Å². The minimum absolute atomic E-state index is 0.146. The molecule has 0 fully saturated rings. The van der Waals surface area contributed by atoms with Gasteiger partial charge in [-0.1, -0.05) is 37.3 Å². The summed E-state index contributed by atoms with van der Waals surface area (Å²) in [5.74, 6) is -0.809. The number of pyridine rings is 1. The summed E-state index contributed by atoms with van der Waals surface area (Å²) in [6.07, 6.45) is 2.86. The molecule has 0 saturated carbocycles. The number of carbonyl (C=O) groups excluding carboxylic acids is 2. The fraction of sp³-hybridized carbons (Fsp3) is 0.269. The average molecular weight is 448 g/mol. The molecule has 0 saturated heterocycles. The summed E-state index contributed by atoms with van der Waals surface area (Å²) in [7, 11) is 1.68. The summed E-state index contributed by atoms with van der Waals surface area (Å²) < 4.78 is 14.6. The van der Waals surface area contributed by atoms with Gasteiger partial charge in [-0.15, -0.1) is 0 Å². The van der Waals surface area contributed by atoms with E-state index >= 15 is 0 Å². The van der Waals surface area contributed by atoms with Gasteiger partial charge in [-0.2, -0.15) is 0 Å². The molecule has 1 aliphatic heterocycles. The number of nitrogens with zero attached hydrogens (tertiary/aromatic N) is 3. The van der Waals surface area contributed by atoms with E-state index in [9.17, 15) is 18.8 Å². The van der Waals surface area contributed by atoms with E-state index in [1.54, 1.807) is 29.0 Å². The van der Waals surface area contributed by atoms with Crippen LogP contribution in [-0.4, -0.2) is 34.9 Å². The lowest BCUT2D eigenvalue weighted by molar-refractivity contribution is -0.119. The monoisotopic (exact) mass is 447 g/mol. The van der Waals surface area contributed by atoms with Crippen LogP contribution in [0.5, 0.6) is 0 Å². The number of hydrogen-bond donors (Lipinski definition) is 0. The third kappa shape index (κ3) is 4.58. The molecule has 7 heteroatoms. The van der Waals surface area contributed by atoms with Gasteiger partial charge in [0.1, 0.15) is 12.4 Å². The lowest BCUT2D eigenvalue weighted by Crippen LogP contribution is -2.36. The second kappa shape index (κ2) is 9.40. The fourth-order valence-corrected chi connectivity index (χ4v) is 4.37. The van der Waals surface area contributed by atoms with Crippen molar-refractivity contribution in [3.8, 4) is 0 Å². The molecule has 2 amide bonds. The highest BCUT2D eigenvalue weighted by atomic mass is 19.1. The van der Waals surface area contributed by atoms with Crippen LogP contribution in [0.2, 0.25) is 0 Å². The summed E-state index contributed by atoms with van der Waals surface area (Å²) in [4.78, 5) is 41.8. The lowest BCUT2D eigenvalue weighted by atomic mass is 10.0. The van der Waals surface area contributed by atoms with Crippen molar-refractivity contribution >= 4 is 17.5 Å². The minimum atomic E-state index is -0.347. The van der Waals surface area contributed by atoms with Gasteiger partial charge in [-0.25, -0.2) is 4.39 Å². The van der Waals surface area contributed by atoms with Crippen molar-refractivity contribution in [2.45, 2.75) is 32.4 Å². The molecule has 0 bridgehead atoms. The van der Waals surface area contributed by atoms with Gasteiger partial charge in [-0.3, -0.25) is 14.4 Å². The number of para-hydroxylation sites is 1. The molecule has 4 rings (SSSR count). The van der Waals surface area contributed by atoms with Crippen LogP contribution in [0.1, 0.15) is 40.9 Å². The summed E-state index contributed by atoms with van der Waals surface area (Å²) in [6.45, 7) is 2.38. The Morgan fingerprint density at radius 2 is 1.79 bits per heavy atom. The Morgan fingerprint density at radius 1 is 1.06 bits per heavy atom. The third-order valence-corrected chi connectivity index (χ3v) is 6.15. The van der Waals surface area contributed by atoms with Crippen LogP contribution in [0, 0.1) is 5.82 Å². The van der Waals surface area contributed by atoms with E-state index in [1.807, 2.05) is 31.2 Å². The second-order valence-electron chi connectivity index (χ2n) is 8.20. The largest absolute Gasteiger partial charge is 0.335 e. The van der Waals surface area contributed by atoms with Gasteiger partial charge >= 0.3 is 0 Å². The number of rotatable bonds is 6. The Balaban J connectivity index is 1.54. The van der Waals surface area contributed by atoms with Crippen molar-refractivity contribution in [2.75, 3.05) is 18.5 Å². The molecule has 1 aliphatic rings. The van der Waals surface area contributed by atoms with Gasteiger partial charge in [0, 0.05) is 31.5 Å². The molecule has 6 nitrogen and oxygen atoms in total. The number of anilines is 1. The molecule has 1 atom stereocenters. The van der Waals surface area contributed by atoms with Crippen LogP contribution >= 0.6 is 0 Å². The summed E-state index contributed by atoms with van der Waals surface area (Å²) in [5, 5.41) is 0. The van der Waals surface area contributed by atoms with Crippen molar-refractivity contribution in [3.63, 3.8) is 0 Å². The van der Waals surface area contributed by atoms with Crippen LogP contribution in [0.3, 0.4) is 0 Å². The summed E-state index contributed by atoms with van der Waals surface area (Å²) >= 11 is 0. The van der Waals surface area contributed by atoms with Crippen molar-refractivity contribution in [2.24, 2.45) is 0 Å². The zero-order valence-corrected chi connectivity index (χ0v) is 18.7. The quantitative estimate of drug-likeness (QED) is 0.578. The standard InChI is InChI=1S/C26H26FN3O3/c1-3-22(19-8-11-21(27)12-9-19)28(2)26(33)20-10-13-24(31)29(16-20)17-25(32)30-15-14-18-6-4-5-7-23(18)30/h4-13,16,22H,3,14-15,17H2,1-2H3. The highest BCUT2D eigenvalue weighted by Crippen LogP contribution is 2.28. The first-order chi connectivity index (χ1) is 15.9. The summed E-state index contributed by atoms with van der Waals surface area (Å²) in [6, 6.07) is 16.3. The molecule has 2 aromatic carbocycles. The first-order valence-corrected chi connectivity index (χ1v) is 11.0. The molecular weight excluding hydrogens is 421 g/mol. The number of amides is 2. The molecule has 0 radical (unpaired) electrons. The average Bonchev–Trinajstić information content (AvgIpc) is 3.26. The SMILES string of the molecule is CCC(c1ccc(F)cc1)N(C)C(=O)c1ccc(=O)n(CC(=O)N2CCc3ccccc32)c1. The zero-order valence-electron chi connectivity index (χ0n) is 18.7.